The predicted octanol–water partition coefficient (Wildman–Crippen LogP) is 5.76. The molecule has 0 bridgehead atoms. The number of nitrogens with one attached hydrogen (secondary N) is 1. The molecular weight excluding hydrogens is 465 g/mol. The third-order valence-electron chi connectivity index (χ3n) is 6.99. The van der Waals surface area contributed by atoms with Crippen LogP contribution in [0.2, 0.25) is 0 Å². The second kappa shape index (κ2) is 12.0. The van der Waals surface area contributed by atoms with Crippen molar-refractivity contribution in [3.05, 3.63) is 108 Å². The van der Waals surface area contributed by atoms with Crippen molar-refractivity contribution in [1.82, 2.24) is 15.2 Å². The molecule has 5 nitrogen and oxygen atoms in total. The molecule has 190 valence electrons. The van der Waals surface area contributed by atoms with E-state index in [1.54, 1.807) is 12.1 Å². The molecule has 1 amide bonds. The predicted molar refractivity (Wildman–Crippen MR) is 144 cm³/mol. The molecule has 0 saturated carbocycles. The van der Waals surface area contributed by atoms with Crippen LogP contribution in [0, 0.1) is 11.7 Å². The molecular formula is C31H32FN3O2. The van der Waals surface area contributed by atoms with Crippen LogP contribution in [0.25, 0.3) is 10.9 Å². The number of fused-ring (bicyclic) bond motifs is 1. The van der Waals surface area contributed by atoms with Gasteiger partial charge in [-0.15, -0.1) is 0 Å². The Morgan fingerprint density at radius 2 is 1.68 bits per heavy atom. The Morgan fingerprint density at radius 3 is 2.46 bits per heavy atom. The number of pyridine rings is 1. The van der Waals surface area contributed by atoms with Gasteiger partial charge in [-0.25, -0.2) is 4.39 Å². The zero-order chi connectivity index (χ0) is 25.5. The standard InChI is InChI=1S/C31H32FN3O2/c32-26-12-14-27(15-13-26)37-22-6-19-35-20-17-25(18-21-35)31(36)34-30(24-8-2-1-3-9-24)29-16-11-23-7-4-5-10-28(23)33-29/h1-5,7-16,25,30H,6,17-22H2,(H,34,36). The van der Waals surface area contributed by atoms with Gasteiger partial charge < -0.3 is 15.0 Å². The van der Waals surface area contributed by atoms with Crippen LogP contribution in [0.15, 0.2) is 91.0 Å². The highest BCUT2D eigenvalue weighted by atomic mass is 19.1. The maximum Gasteiger partial charge on any atom is 0.224 e. The van der Waals surface area contributed by atoms with Gasteiger partial charge in [0.1, 0.15) is 11.6 Å². The summed E-state index contributed by atoms with van der Waals surface area (Å²) >= 11 is 0. The third-order valence-corrected chi connectivity index (χ3v) is 6.99. The Hall–Kier alpha value is -3.77. The Labute approximate surface area is 217 Å². The second-order valence-corrected chi connectivity index (χ2v) is 9.55. The van der Waals surface area contributed by atoms with Crippen molar-refractivity contribution >= 4 is 16.8 Å². The minimum atomic E-state index is -0.292. The number of hydrogen-bond donors (Lipinski definition) is 1. The minimum Gasteiger partial charge on any atom is -0.494 e. The zero-order valence-corrected chi connectivity index (χ0v) is 20.9. The first kappa shape index (κ1) is 24.9. The van der Waals surface area contributed by atoms with Crippen molar-refractivity contribution in [2.75, 3.05) is 26.2 Å². The van der Waals surface area contributed by atoms with Crippen LogP contribution in [-0.4, -0.2) is 42.0 Å². The van der Waals surface area contributed by atoms with E-state index in [4.69, 9.17) is 9.72 Å². The molecule has 1 aromatic heterocycles. The van der Waals surface area contributed by atoms with Crippen molar-refractivity contribution in [3.8, 4) is 5.75 Å². The van der Waals surface area contributed by atoms with E-state index in [0.29, 0.717) is 12.4 Å². The number of piperidine rings is 1. The van der Waals surface area contributed by atoms with Crippen LogP contribution in [0.5, 0.6) is 5.75 Å². The van der Waals surface area contributed by atoms with Crippen LogP contribution < -0.4 is 10.1 Å². The first-order chi connectivity index (χ1) is 18.2. The van der Waals surface area contributed by atoms with Crippen LogP contribution in [0.1, 0.15) is 36.6 Å². The van der Waals surface area contributed by atoms with Crippen molar-refractivity contribution in [1.29, 1.82) is 0 Å². The summed E-state index contributed by atoms with van der Waals surface area (Å²) in [6.07, 6.45) is 2.55. The molecule has 1 saturated heterocycles. The Kier molecular flexibility index (Phi) is 8.06. The highest BCUT2D eigenvalue weighted by Crippen LogP contribution is 2.25. The summed E-state index contributed by atoms with van der Waals surface area (Å²) in [6.45, 7) is 3.28. The molecule has 6 heteroatoms. The SMILES string of the molecule is O=C(NC(c1ccccc1)c1ccc2ccccc2n1)C1CCN(CCCOc2ccc(F)cc2)CC1. The Morgan fingerprint density at radius 1 is 0.946 bits per heavy atom. The monoisotopic (exact) mass is 497 g/mol. The number of likely N-dealkylation sites (tertiary alicyclic amines) is 1. The lowest BCUT2D eigenvalue weighted by Crippen LogP contribution is -2.42. The van der Waals surface area contributed by atoms with Gasteiger partial charge in [-0.3, -0.25) is 9.78 Å². The van der Waals surface area contributed by atoms with E-state index in [-0.39, 0.29) is 23.7 Å². The van der Waals surface area contributed by atoms with Crippen LogP contribution >= 0.6 is 0 Å². The number of para-hydroxylation sites is 1. The van der Waals surface area contributed by atoms with Gasteiger partial charge in [0.05, 0.1) is 23.9 Å². The average molecular weight is 498 g/mol. The highest BCUT2D eigenvalue weighted by molar-refractivity contribution is 5.81. The number of benzene rings is 3. The van der Waals surface area contributed by atoms with Gasteiger partial charge >= 0.3 is 0 Å². The summed E-state index contributed by atoms with van der Waals surface area (Å²) in [5, 5.41) is 4.39. The number of halogens is 1. The fourth-order valence-electron chi connectivity index (χ4n) is 4.90. The number of aromatic nitrogens is 1. The summed E-state index contributed by atoms with van der Waals surface area (Å²) in [5.41, 5.74) is 2.79. The maximum atomic E-state index is 13.4. The lowest BCUT2D eigenvalue weighted by molar-refractivity contribution is -0.127. The molecule has 1 aliphatic heterocycles. The number of amides is 1. The Balaban J connectivity index is 1.15. The minimum absolute atomic E-state index is 0.0154. The number of rotatable bonds is 9. The largest absolute Gasteiger partial charge is 0.494 e. The van der Waals surface area contributed by atoms with E-state index in [1.165, 1.54) is 12.1 Å². The normalized spacial score (nSPS) is 15.4. The number of carbonyl (C=O) groups is 1. The zero-order valence-electron chi connectivity index (χ0n) is 20.9. The van der Waals surface area contributed by atoms with Crippen LogP contribution in [0.4, 0.5) is 4.39 Å². The number of carbonyl (C=O) groups excluding carboxylic acids is 1. The lowest BCUT2D eigenvalue weighted by atomic mass is 9.94. The average Bonchev–Trinajstić information content (AvgIpc) is 2.95. The van der Waals surface area contributed by atoms with Crippen LogP contribution in [0.3, 0.4) is 0 Å². The number of hydrogen-bond acceptors (Lipinski definition) is 4. The molecule has 0 aliphatic carbocycles. The third kappa shape index (κ3) is 6.52. The molecule has 1 unspecified atom stereocenters. The van der Waals surface area contributed by atoms with Crippen molar-refractivity contribution in [2.45, 2.75) is 25.3 Å². The molecule has 1 atom stereocenters. The van der Waals surface area contributed by atoms with E-state index < -0.39 is 0 Å². The van der Waals surface area contributed by atoms with Crippen molar-refractivity contribution < 1.29 is 13.9 Å². The molecule has 1 fully saturated rings. The van der Waals surface area contributed by atoms with E-state index in [1.807, 2.05) is 60.7 Å². The fourth-order valence-corrected chi connectivity index (χ4v) is 4.90. The Bertz CT molecular complexity index is 1310. The molecule has 1 N–H and O–H groups in total. The van der Waals surface area contributed by atoms with Gasteiger partial charge in [-0.1, -0.05) is 54.6 Å². The smallest absolute Gasteiger partial charge is 0.224 e. The van der Waals surface area contributed by atoms with Crippen molar-refractivity contribution in [2.24, 2.45) is 5.92 Å². The van der Waals surface area contributed by atoms with Crippen molar-refractivity contribution in [3.63, 3.8) is 0 Å². The first-order valence-electron chi connectivity index (χ1n) is 13.0. The number of nitrogens with zero attached hydrogens (tertiary/aromatic N) is 2. The summed E-state index contributed by atoms with van der Waals surface area (Å²) in [4.78, 5) is 20.6. The van der Waals surface area contributed by atoms with Gasteiger partial charge in [0.2, 0.25) is 5.91 Å². The second-order valence-electron chi connectivity index (χ2n) is 9.55. The summed E-state index contributed by atoms with van der Waals surface area (Å²) in [7, 11) is 0. The quantitative estimate of drug-likeness (QED) is 0.299. The van der Waals surface area contributed by atoms with E-state index in [9.17, 15) is 9.18 Å². The molecule has 0 spiro atoms. The molecule has 2 heterocycles. The first-order valence-corrected chi connectivity index (χ1v) is 13.0. The van der Waals surface area contributed by atoms with Crippen LogP contribution in [-0.2, 0) is 4.79 Å². The molecule has 37 heavy (non-hydrogen) atoms. The topological polar surface area (TPSA) is 54.5 Å². The van der Waals surface area contributed by atoms with Gasteiger partial charge in [0.25, 0.3) is 0 Å². The molecule has 4 aromatic rings. The fraction of sp³-hybridized carbons (Fsp3) is 0.290. The van der Waals surface area contributed by atoms with Gasteiger partial charge in [-0.05, 0) is 74.3 Å². The van der Waals surface area contributed by atoms with E-state index >= 15 is 0 Å². The molecule has 1 aliphatic rings. The molecule has 5 rings (SSSR count). The van der Waals surface area contributed by atoms with E-state index in [2.05, 4.69) is 16.3 Å². The summed E-state index contributed by atoms with van der Waals surface area (Å²) < 4.78 is 18.7. The summed E-state index contributed by atoms with van der Waals surface area (Å²) in [6, 6.07) is 28.0. The maximum absolute atomic E-state index is 13.4. The molecule has 0 radical (unpaired) electrons. The lowest BCUT2D eigenvalue weighted by Gasteiger charge is -2.32. The highest BCUT2D eigenvalue weighted by Gasteiger charge is 2.28. The van der Waals surface area contributed by atoms with Gasteiger partial charge in [-0.2, -0.15) is 0 Å². The van der Waals surface area contributed by atoms with Gasteiger partial charge in [0.15, 0.2) is 0 Å². The molecule has 3 aromatic carbocycles. The van der Waals surface area contributed by atoms with E-state index in [0.717, 1.165) is 61.1 Å². The number of ether oxygens (including phenoxy) is 1. The van der Waals surface area contributed by atoms with Gasteiger partial charge in [0, 0.05) is 17.8 Å². The summed E-state index contributed by atoms with van der Waals surface area (Å²) in [5.74, 6) is 0.495.